The number of carbonyl (C=O) groups is 1. The van der Waals surface area contributed by atoms with Crippen LogP contribution in [0, 0.1) is 0 Å². The van der Waals surface area contributed by atoms with Gasteiger partial charge in [0.15, 0.2) is 0 Å². The first kappa shape index (κ1) is 10.0. The zero-order chi connectivity index (χ0) is 10.7. The Labute approximate surface area is 90.1 Å². The molecule has 1 aliphatic heterocycles. The molecule has 0 spiro atoms. The Morgan fingerprint density at radius 1 is 1.47 bits per heavy atom. The highest BCUT2D eigenvalue weighted by molar-refractivity contribution is 5.93. The van der Waals surface area contributed by atoms with E-state index in [1.54, 1.807) is 0 Å². The van der Waals surface area contributed by atoms with Gasteiger partial charge in [0.1, 0.15) is 0 Å². The molecule has 0 fully saturated rings. The summed E-state index contributed by atoms with van der Waals surface area (Å²) in [6.45, 7) is 3.44. The molecule has 0 aliphatic carbocycles. The fourth-order valence-corrected chi connectivity index (χ4v) is 1.99. The molecule has 1 aliphatic rings. The molecule has 3 nitrogen and oxygen atoms in total. The van der Waals surface area contributed by atoms with E-state index in [9.17, 15) is 4.79 Å². The van der Waals surface area contributed by atoms with Crippen molar-refractivity contribution in [1.29, 1.82) is 0 Å². The summed E-state index contributed by atoms with van der Waals surface area (Å²) >= 11 is 0. The number of aryl methyl sites for hydroxylation is 1. The Balaban J connectivity index is 2.25. The molecule has 0 saturated carbocycles. The SMILES string of the molecule is CCNC(=O)N1CCCc2ccccc21. The zero-order valence-electron chi connectivity index (χ0n) is 8.99. The predicted octanol–water partition coefficient (Wildman–Crippen LogP) is 2.17. The van der Waals surface area contributed by atoms with Crippen LogP contribution in [0.1, 0.15) is 18.9 Å². The summed E-state index contributed by atoms with van der Waals surface area (Å²) in [6.07, 6.45) is 2.13. The Morgan fingerprint density at radius 2 is 2.27 bits per heavy atom. The lowest BCUT2D eigenvalue weighted by molar-refractivity contribution is 0.246. The fraction of sp³-hybridized carbons (Fsp3) is 0.417. The number of fused-ring (bicyclic) bond motifs is 1. The van der Waals surface area contributed by atoms with Crippen LogP contribution in [-0.2, 0) is 6.42 Å². The minimum absolute atomic E-state index is 0.0182. The second-order valence-electron chi connectivity index (χ2n) is 3.72. The van der Waals surface area contributed by atoms with Gasteiger partial charge in [0, 0.05) is 18.8 Å². The van der Waals surface area contributed by atoms with Crippen LogP contribution < -0.4 is 10.2 Å². The summed E-state index contributed by atoms with van der Waals surface area (Å²) in [7, 11) is 0. The maximum Gasteiger partial charge on any atom is 0.321 e. The van der Waals surface area contributed by atoms with Crippen molar-refractivity contribution in [2.24, 2.45) is 0 Å². The van der Waals surface area contributed by atoms with Crippen molar-refractivity contribution in [2.75, 3.05) is 18.0 Å². The predicted molar refractivity (Wildman–Crippen MR) is 61.2 cm³/mol. The second-order valence-corrected chi connectivity index (χ2v) is 3.72. The Morgan fingerprint density at radius 3 is 3.07 bits per heavy atom. The van der Waals surface area contributed by atoms with Gasteiger partial charge in [-0.15, -0.1) is 0 Å². The molecule has 0 bridgehead atoms. The first-order valence-corrected chi connectivity index (χ1v) is 5.46. The highest BCUT2D eigenvalue weighted by Crippen LogP contribution is 2.26. The number of benzene rings is 1. The van der Waals surface area contributed by atoms with E-state index in [0.717, 1.165) is 25.1 Å². The molecule has 1 aromatic rings. The summed E-state index contributed by atoms with van der Waals surface area (Å²) in [5, 5.41) is 2.84. The average Bonchev–Trinajstić information content (AvgIpc) is 2.28. The van der Waals surface area contributed by atoms with Gasteiger partial charge in [0.05, 0.1) is 0 Å². The molecule has 1 N–H and O–H groups in total. The summed E-state index contributed by atoms with van der Waals surface area (Å²) in [4.78, 5) is 13.6. The van der Waals surface area contributed by atoms with Crippen LogP contribution in [0.5, 0.6) is 0 Å². The molecule has 2 amide bonds. The van der Waals surface area contributed by atoms with E-state index in [0.29, 0.717) is 6.54 Å². The third-order valence-electron chi connectivity index (χ3n) is 2.68. The summed E-state index contributed by atoms with van der Waals surface area (Å²) in [6, 6.07) is 8.14. The van der Waals surface area contributed by atoms with Gasteiger partial charge in [-0.3, -0.25) is 4.90 Å². The highest BCUT2D eigenvalue weighted by atomic mass is 16.2. The molecule has 0 unspecified atom stereocenters. The van der Waals surface area contributed by atoms with Crippen molar-refractivity contribution in [1.82, 2.24) is 5.32 Å². The lowest BCUT2D eigenvalue weighted by atomic mass is 10.0. The maximum atomic E-state index is 11.8. The minimum atomic E-state index is 0.0182. The van der Waals surface area contributed by atoms with Crippen LogP contribution >= 0.6 is 0 Å². The number of rotatable bonds is 1. The number of nitrogens with zero attached hydrogens (tertiary/aromatic N) is 1. The van der Waals surface area contributed by atoms with E-state index in [4.69, 9.17) is 0 Å². The Kier molecular flexibility index (Phi) is 2.90. The third kappa shape index (κ3) is 1.96. The monoisotopic (exact) mass is 204 g/mol. The van der Waals surface area contributed by atoms with Crippen LogP contribution in [0.2, 0.25) is 0 Å². The van der Waals surface area contributed by atoms with Gasteiger partial charge in [-0.2, -0.15) is 0 Å². The number of carbonyl (C=O) groups excluding carboxylic acids is 1. The molecule has 0 atom stereocenters. The summed E-state index contributed by atoms with van der Waals surface area (Å²) < 4.78 is 0. The molecular weight excluding hydrogens is 188 g/mol. The minimum Gasteiger partial charge on any atom is -0.338 e. The first-order valence-electron chi connectivity index (χ1n) is 5.46. The largest absolute Gasteiger partial charge is 0.338 e. The zero-order valence-corrected chi connectivity index (χ0v) is 8.99. The normalized spacial score (nSPS) is 14.6. The number of urea groups is 1. The van der Waals surface area contributed by atoms with Gasteiger partial charge in [-0.25, -0.2) is 4.79 Å². The molecule has 80 valence electrons. The number of amides is 2. The fourth-order valence-electron chi connectivity index (χ4n) is 1.99. The van der Waals surface area contributed by atoms with E-state index in [1.807, 2.05) is 30.0 Å². The molecule has 0 aromatic heterocycles. The lowest BCUT2D eigenvalue weighted by Crippen LogP contribution is -2.42. The molecule has 2 rings (SSSR count). The van der Waals surface area contributed by atoms with E-state index in [1.165, 1.54) is 5.56 Å². The van der Waals surface area contributed by atoms with Crippen LogP contribution in [0.15, 0.2) is 24.3 Å². The van der Waals surface area contributed by atoms with Gasteiger partial charge in [-0.05, 0) is 31.4 Å². The van der Waals surface area contributed by atoms with E-state index in [-0.39, 0.29) is 6.03 Å². The van der Waals surface area contributed by atoms with Crippen molar-refractivity contribution < 1.29 is 4.79 Å². The standard InChI is InChI=1S/C12H16N2O/c1-2-13-12(15)14-9-5-7-10-6-3-4-8-11(10)14/h3-4,6,8H,2,5,7,9H2,1H3,(H,13,15). The quantitative estimate of drug-likeness (QED) is 0.747. The van der Waals surface area contributed by atoms with Crippen LogP contribution in [0.4, 0.5) is 10.5 Å². The smallest absolute Gasteiger partial charge is 0.321 e. The number of anilines is 1. The average molecular weight is 204 g/mol. The number of hydrogen-bond acceptors (Lipinski definition) is 1. The Hall–Kier alpha value is -1.51. The van der Waals surface area contributed by atoms with Crippen molar-refractivity contribution in [3.63, 3.8) is 0 Å². The molecule has 1 heterocycles. The van der Waals surface area contributed by atoms with Crippen molar-refractivity contribution in [2.45, 2.75) is 19.8 Å². The molecule has 1 aromatic carbocycles. The maximum absolute atomic E-state index is 11.8. The molecule has 3 heteroatoms. The molecule has 0 radical (unpaired) electrons. The van der Waals surface area contributed by atoms with Crippen LogP contribution in [0.3, 0.4) is 0 Å². The molecule has 0 saturated heterocycles. The summed E-state index contributed by atoms with van der Waals surface area (Å²) in [5.74, 6) is 0. The summed E-state index contributed by atoms with van der Waals surface area (Å²) in [5.41, 5.74) is 2.34. The van der Waals surface area contributed by atoms with Crippen LogP contribution in [0.25, 0.3) is 0 Å². The van der Waals surface area contributed by atoms with Crippen molar-refractivity contribution >= 4 is 11.7 Å². The van der Waals surface area contributed by atoms with Crippen molar-refractivity contribution in [3.8, 4) is 0 Å². The number of hydrogen-bond donors (Lipinski definition) is 1. The van der Waals surface area contributed by atoms with E-state index in [2.05, 4.69) is 11.4 Å². The number of para-hydroxylation sites is 1. The third-order valence-corrected chi connectivity index (χ3v) is 2.68. The Bertz CT molecular complexity index is 362. The first-order chi connectivity index (χ1) is 7.33. The topological polar surface area (TPSA) is 32.3 Å². The van der Waals surface area contributed by atoms with E-state index < -0.39 is 0 Å². The van der Waals surface area contributed by atoms with Crippen molar-refractivity contribution in [3.05, 3.63) is 29.8 Å². The van der Waals surface area contributed by atoms with Gasteiger partial charge < -0.3 is 5.32 Å². The van der Waals surface area contributed by atoms with E-state index >= 15 is 0 Å². The lowest BCUT2D eigenvalue weighted by Gasteiger charge is -2.29. The molecular formula is C12H16N2O. The number of nitrogens with one attached hydrogen (secondary N) is 1. The van der Waals surface area contributed by atoms with Crippen LogP contribution in [-0.4, -0.2) is 19.1 Å². The van der Waals surface area contributed by atoms with Gasteiger partial charge >= 0.3 is 6.03 Å². The highest BCUT2D eigenvalue weighted by Gasteiger charge is 2.20. The van der Waals surface area contributed by atoms with Gasteiger partial charge in [0.25, 0.3) is 0 Å². The molecule has 15 heavy (non-hydrogen) atoms. The van der Waals surface area contributed by atoms with Gasteiger partial charge in [0.2, 0.25) is 0 Å². The van der Waals surface area contributed by atoms with Gasteiger partial charge in [-0.1, -0.05) is 18.2 Å². The second kappa shape index (κ2) is 4.34.